The van der Waals surface area contributed by atoms with Gasteiger partial charge in [-0.15, -0.1) is 22.7 Å². The van der Waals surface area contributed by atoms with E-state index in [2.05, 4.69) is 459 Å². The van der Waals surface area contributed by atoms with Crippen molar-refractivity contribution in [3.05, 3.63) is 482 Å². The van der Waals surface area contributed by atoms with Crippen molar-refractivity contribution in [3.8, 4) is 135 Å². The van der Waals surface area contributed by atoms with Crippen LogP contribution in [0.3, 0.4) is 0 Å². The van der Waals surface area contributed by atoms with Crippen LogP contribution in [0.1, 0.15) is 45.9 Å². The molecule has 0 fully saturated rings. The molecule has 2 aliphatic carbocycles. The van der Waals surface area contributed by atoms with Gasteiger partial charge in [0.2, 0.25) is 0 Å². The maximum absolute atomic E-state index is 5.75. The van der Waals surface area contributed by atoms with Gasteiger partial charge in [-0.3, -0.25) is 0 Å². The Kier molecular flexibility index (Phi) is 17.3. The van der Waals surface area contributed by atoms with Gasteiger partial charge in [0.15, 0.2) is 34.9 Å². The smallest absolute Gasteiger partial charge is 0.165 e. The highest BCUT2D eigenvalue weighted by atomic mass is 32.1. The molecular formula is C123H76N8S2. The number of para-hydroxylation sites is 3. The summed E-state index contributed by atoms with van der Waals surface area (Å²) < 4.78 is 9.50. The second kappa shape index (κ2) is 30.2. The number of hydrogen-bond acceptors (Lipinski definition) is 8. The van der Waals surface area contributed by atoms with Gasteiger partial charge in [-0.1, -0.05) is 358 Å². The molecule has 0 radical (unpaired) electrons. The van der Waals surface area contributed by atoms with Crippen LogP contribution >= 0.6 is 22.7 Å². The Morgan fingerprint density at radius 2 is 0.534 bits per heavy atom. The minimum absolute atomic E-state index is 0.416. The summed E-state index contributed by atoms with van der Waals surface area (Å²) in [5.41, 5.74) is 30.4. The Balaban J connectivity index is 0.568. The van der Waals surface area contributed by atoms with Gasteiger partial charge < -0.3 is 9.13 Å². The van der Waals surface area contributed by atoms with E-state index in [0.717, 1.165) is 137 Å². The van der Waals surface area contributed by atoms with E-state index in [-0.39, 0.29) is 0 Å². The van der Waals surface area contributed by atoms with E-state index in [9.17, 15) is 0 Å². The quantitative estimate of drug-likeness (QED) is 0.108. The third kappa shape index (κ3) is 11.7. The van der Waals surface area contributed by atoms with Crippen molar-refractivity contribution in [3.63, 3.8) is 0 Å². The molecule has 620 valence electrons. The first kappa shape index (κ1) is 76.3. The number of benzene rings is 19. The number of aromatic nitrogens is 8. The summed E-state index contributed by atoms with van der Waals surface area (Å²) in [6, 6.07) is 162. The zero-order valence-corrected chi connectivity index (χ0v) is 73.7. The predicted octanol–water partition coefficient (Wildman–Crippen LogP) is 31.7. The number of thiophene rings is 2. The van der Waals surface area contributed by atoms with E-state index in [1.54, 1.807) is 22.7 Å². The van der Waals surface area contributed by atoms with Gasteiger partial charge in [0.1, 0.15) is 0 Å². The Morgan fingerprint density at radius 3 is 1.06 bits per heavy atom. The Hall–Kier alpha value is -16.8. The van der Waals surface area contributed by atoms with Crippen LogP contribution in [-0.2, 0) is 10.8 Å². The van der Waals surface area contributed by atoms with Crippen molar-refractivity contribution in [1.82, 2.24) is 39.0 Å². The molecule has 0 spiro atoms. The van der Waals surface area contributed by atoms with Crippen LogP contribution in [0.5, 0.6) is 0 Å². The second-order valence-corrected chi connectivity index (χ2v) is 37.2. The van der Waals surface area contributed by atoms with E-state index < -0.39 is 10.8 Å². The largest absolute Gasteiger partial charge is 0.309 e. The summed E-state index contributed by atoms with van der Waals surface area (Å²) in [6.45, 7) is 2.36. The minimum Gasteiger partial charge on any atom is -0.309 e. The van der Waals surface area contributed by atoms with Crippen molar-refractivity contribution < 1.29 is 0 Å². The van der Waals surface area contributed by atoms with Crippen molar-refractivity contribution in [2.24, 2.45) is 0 Å². The standard InChI is InChI=1S/C123H76N8S2/c1-122(79-32-4-2-5-33-79)102-54-19-12-46-95(102)112-97(50-29-56-104(112)122)118-124-116(126-120(128-118)99-52-27-48-91-89-42-17-24-61-110(89)132-114(91)99)93-44-10-8-38-85(93)76-65-70-83(71-66-76)131-108-60-23-16-41-88(108)101-74-78(67-72-109(101)131)77-31-26-36-81(73-77)123(80-34-6-3-7-35-80)103-55-20-13-47-96(103)113-98(51-30-57-105(113)123)119-125-117(127-121(129-119)100-53-28-49-92-90-43-18-25-62-111(90)133-115(92)100)94-45-11-9-37-84(94)75-63-68-82(69-64-75)130-106-58-21-14-39-86(106)87-40-15-22-59-107(87)130/h2-74H,1H3. The van der Waals surface area contributed by atoms with E-state index >= 15 is 0 Å². The third-order valence-electron chi connectivity index (χ3n) is 28.1. The van der Waals surface area contributed by atoms with Gasteiger partial charge in [-0.05, 0) is 186 Å². The topological polar surface area (TPSA) is 87.2 Å². The first-order valence-corrected chi connectivity index (χ1v) is 46.9. The van der Waals surface area contributed by atoms with Crippen molar-refractivity contribution in [2.75, 3.05) is 0 Å². The van der Waals surface area contributed by atoms with Gasteiger partial charge in [-0.25, -0.2) is 29.9 Å². The molecule has 2 unspecified atom stereocenters. The number of hydrogen-bond donors (Lipinski definition) is 0. The SMILES string of the molecule is CC1(c2ccccc2)c2ccccc2-c2c(-c3nc(-c4ccccc4-c4ccc(-n5c6ccccc6c6cc(-c7cccc(C8(c9ccccc9)c9ccccc9-c9c(-c%10nc(-c%11ccccc%11-c%11ccc(-n%12c%13ccccc%13c%13ccccc%13%12)cc%11)nc(-c%11cccc%12c%11sc%11ccccc%11%12)n%10)cccc98)c7)ccc65)cc4)nc(-c4cccc5c4sc4ccccc45)n3)cccc21. The van der Waals surface area contributed by atoms with Crippen LogP contribution in [0.15, 0.2) is 443 Å². The van der Waals surface area contributed by atoms with E-state index in [4.69, 9.17) is 29.9 Å². The Morgan fingerprint density at radius 1 is 0.203 bits per heavy atom. The van der Waals surface area contributed by atoms with Crippen molar-refractivity contribution in [2.45, 2.75) is 17.8 Å². The van der Waals surface area contributed by atoms with Crippen molar-refractivity contribution >= 4 is 107 Å². The number of fused-ring (bicyclic) bond motifs is 18. The van der Waals surface area contributed by atoms with E-state index in [1.165, 1.54) is 86.0 Å². The lowest BCUT2D eigenvalue weighted by Gasteiger charge is -2.34. The van der Waals surface area contributed by atoms with Gasteiger partial charge in [0, 0.05) is 112 Å². The monoisotopic (exact) mass is 1730 g/mol. The van der Waals surface area contributed by atoms with Crippen LogP contribution in [0, 0.1) is 0 Å². The lowest BCUT2D eigenvalue weighted by molar-refractivity contribution is 0.714. The molecule has 0 amide bonds. The fraction of sp³-hybridized carbons (Fsp3) is 0.0244. The Labute approximate surface area is 774 Å². The maximum Gasteiger partial charge on any atom is 0.165 e. The first-order chi connectivity index (χ1) is 65.8. The molecule has 0 aliphatic heterocycles. The zero-order valence-electron chi connectivity index (χ0n) is 72.0. The lowest BCUT2D eigenvalue weighted by Crippen LogP contribution is -2.28. The normalized spacial score (nSPS) is 14.4. The fourth-order valence-electron chi connectivity index (χ4n) is 22.1. The highest BCUT2D eigenvalue weighted by Crippen LogP contribution is 2.60. The van der Waals surface area contributed by atoms with Crippen LogP contribution < -0.4 is 0 Å². The lowest BCUT2D eigenvalue weighted by atomic mass is 9.67. The third-order valence-corrected chi connectivity index (χ3v) is 30.5. The summed E-state index contributed by atoms with van der Waals surface area (Å²) in [6.07, 6.45) is 0. The molecule has 6 aromatic heterocycles. The average molecular weight is 1730 g/mol. The molecular weight excluding hydrogens is 1650 g/mol. The maximum atomic E-state index is 5.75. The van der Waals surface area contributed by atoms with Gasteiger partial charge >= 0.3 is 0 Å². The van der Waals surface area contributed by atoms with Crippen molar-refractivity contribution in [1.29, 1.82) is 0 Å². The molecule has 0 bridgehead atoms. The molecule has 0 saturated heterocycles. The van der Waals surface area contributed by atoms with Crippen LogP contribution in [0.25, 0.3) is 219 Å². The van der Waals surface area contributed by atoms with Crippen LogP contribution in [0.2, 0.25) is 0 Å². The fourth-order valence-corrected chi connectivity index (χ4v) is 24.5. The molecule has 6 heterocycles. The highest BCUT2D eigenvalue weighted by Gasteiger charge is 2.48. The number of rotatable bonds is 14. The zero-order chi connectivity index (χ0) is 87.6. The molecule has 2 aliphatic rings. The first-order valence-electron chi connectivity index (χ1n) is 45.3. The molecule has 10 heteroatoms. The summed E-state index contributed by atoms with van der Waals surface area (Å²) in [5.74, 6) is 3.65. The van der Waals surface area contributed by atoms with Crippen LogP contribution in [0.4, 0.5) is 0 Å². The molecule has 19 aromatic carbocycles. The number of nitrogens with zero attached hydrogens (tertiary/aromatic N) is 8. The summed E-state index contributed by atoms with van der Waals surface area (Å²) in [7, 11) is 0. The second-order valence-electron chi connectivity index (χ2n) is 35.0. The molecule has 0 saturated carbocycles. The van der Waals surface area contributed by atoms with E-state index in [1.807, 2.05) is 0 Å². The summed E-state index contributed by atoms with van der Waals surface area (Å²) in [4.78, 5) is 33.9. The van der Waals surface area contributed by atoms with Gasteiger partial charge in [-0.2, -0.15) is 0 Å². The van der Waals surface area contributed by atoms with Crippen LogP contribution in [-0.4, -0.2) is 39.0 Å². The highest BCUT2D eigenvalue weighted by molar-refractivity contribution is 7.26. The van der Waals surface area contributed by atoms with Gasteiger partial charge in [0.25, 0.3) is 0 Å². The molecule has 0 N–H and O–H groups in total. The predicted molar refractivity (Wildman–Crippen MR) is 551 cm³/mol. The molecule has 27 rings (SSSR count). The molecule has 8 nitrogen and oxygen atoms in total. The average Bonchev–Trinajstić information content (AvgIpc) is 1.52. The molecule has 133 heavy (non-hydrogen) atoms. The Bertz CT molecular complexity index is 9070. The molecule has 2 atom stereocenters. The summed E-state index contributed by atoms with van der Waals surface area (Å²) >= 11 is 3.57. The summed E-state index contributed by atoms with van der Waals surface area (Å²) in [5, 5.41) is 9.58. The minimum atomic E-state index is -0.792. The van der Waals surface area contributed by atoms with E-state index in [0.29, 0.717) is 34.9 Å². The van der Waals surface area contributed by atoms with Gasteiger partial charge in [0.05, 0.1) is 27.5 Å². The molecule has 25 aromatic rings.